The van der Waals surface area contributed by atoms with Crippen molar-refractivity contribution in [1.29, 1.82) is 0 Å². The van der Waals surface area contributed by atoms with Crippen LogP contribution in [-0.2, 0) is 4.74 Å². The number of nitrogens with one attached hydrogen (secondary N) is 1. The Morgan fingerprint density at radius 3 is 2.81 bits per heavy atom. The summed E-state index contributed by atoms with van der Waals surface area (Å²) in [6, 6.07) is 3.23. The van der Waals surface area contributed by atoms with Crippen LogP contribution < -0.4 is 4.74 Å². The average Bonchev–Trinajstić information content (AvgIpc) is 2.70. The largest absolute Gasteiger partial charge is 0.480 e. The van der Waals surface area contributed by atoms with Gasteiger partial charge < -0.3 is 14.5 Å². The second kappa shape index (κ2) is 4.02. The van der Waals surface area contributed by atoms with Gasteiger partial charge in [-0.25, -0.2) is 9.78 Å². The smallest absolute Gasteiger partial charge is 0.354 e. The number of fused-ring (bicyclic) bond motifs is 1. The summed E-state index contributed by atoms with van der Waals surface area (Å²) in [6.07, 6.45) is 0. The van der Waals surface area contributed by atoms with Gasteiger partial charge in [0.2, 0.25) is 5.88 Å². The van der Waals surface area contributed by atoms with Gasteiger partial charge in [0.1, 0.15) is 10.8 Å². The molecular formula is C10H9ClN2O3. The molecule has 2 aromatic rings. The maximum absolute atomic E-state index is 11.3. The number of ether oxygens (including phenoxy) is 2. The van der Waals surface area contributed by atoms with Crippen molar-refractivity contribution in [2.24, 2.45) is 0 Å². The predicted molar refractivity (Wildman–Crippen MR) is 59.0 cm³/mol. The van der Waals surface area contributed by atoms with Crippen molar-refractivity contribution in [3.63, 3.8) is 0 Å². The van der Waals surface area contributed by atoms with Gasteiger partial charge in [0.15, 0.2) is 0 Å². The summed E-state index contributed by atoms with van der Waals surface area (Å²) in [5.74, 6) is -0.0803. The van der Waals surface area contributed by atoms with Crippen molar-refractivity contribution in [3.05, 3.63) is 23.0 Å². The third kappa shape index (κ3) is 1.69. The van der Waals surface area contributed by atoms with Crippen molar-refractivity contribution in [2.75, 3.05) is 14.2 Å². The van der Waals surface area contributed by atoms with Crippen LogP contribution in [-0.4, -0.2) is 30.2 Å². The van der Waals surface area contributed by atoms with Gasteiger partial charge in [-0.15, -0.1) is 0 Å². The number of aromatic amines is 1. The van der Waals surface area contributed by atoms with Gasteiger partial charge in [0.25, 0.3) is 0 Å². The SMILES string of the molecule is COC(=O)c1cc2c(OC)nc(Cl)cc2[nH]1. The lowest BCUT2D eigenvalue weighted by Crippen LogP contribution is -2.00. The molecule has 0 aliphatic rings. The number of nitrogens with zero attached hydrogens (tertiary/aromatic N) is 1. The molecular weight excluding hydrogens is 232 g/mol. The van der Waals surface area contributed by atoms with E-state index < -0.39 is 5.97 Å². The Morgan fingerprint density at radius 1 is 1.44 bits per heavy atom. The summed E-state index contributed by atoms with van der Waals surface area (Å²) in [5, 5.41) is 0.981. The third-order valence-corrected chi connectivity index (χ3v) is 2.34. The molecule has 0 bridgehead atoms. The highest BCUT2D eigenvalue weighted by atomic mass is 35.5. The zero-order valence-corrected chi connectivity index (χ0v) is 9.46. The summed E-state index contributed by atoms with van der Waals surface area (Å²) in [4.78, 5) is 18.2. The number of halogens is 1. The van der Waals surface area contributed by atoms with E-state index in [0.717, 1.165) is 0 Å². The first-order valence-corrected chi connectivity index (χ1v) is 4.85. The first-order chi connectivity index (χ1) is 7.65. The highest BCUT2D eigenvalue weighted by Crippen LogP contribution is 2.27. The molecule has 0 spiro atoms. The van der Waals surface area contributed by atoms with E-state index in [1.54, 1.807) is 12.1 Å². The van der Waals surface area contributed by atoms with Crippen molar-refractivity contribution in [1.82, 2.24) is 9.97 Å². The van der Waals surface area contributed by atoms with Crippen LogP contribution in [0.4, 0.5) is 0 Å². The van der Waals surface area contributed by atoms with Gasteiger partial charge in [-0.1, -0.05) is 11.6 Å². The van der Waals surface area contributed by atoms with Crippen molar-refractivity contribution >= 4 is 28.5 Å². The van der Waals surface area contributed by atoms with Gasteiger partial charge in [-0.3, -0.25) is 0 Å². The summed E-state index contributed by atoms with van der Waals surface area (Å²) in [7, 11) is 2.80. The van der Waals surface area contributed by atoms with Crippen molar-refractivity contribution in [2.45, 2.75) is 0 Å². The first-order valence-electron chi connectivity index (χ1n) is 4.47. The Balaban J connectivity index is 2.64. The minimum absolute atomic E-state index is 0.294. The van der Waals surface area contributed by atoms with E-state index in [0.29, 0.717) is 27.6 Å². The van der Waals surface area contributed by atoms with E-state index in [9.17, 15) is 4.79 Å². The minimum Gasteiger partial charge on any atom is -0.480 e. The Morgan fingerprint density at radius 2 is 2.19 bits per heavy atom. The van der Waals surface area contributed by atoms with Gasteiger partial charge in [-0.2, -0.15) is 0 Å². The van der Waals surface area contributed by atoms with Crippen LogP contribution in [0.25, 0.3) is 10.9 Å². The van der Waals surface area contributed by atoms with E-state index in [1.165, 1.54) is 14.2 Å². The molecule has 0 aliphatic heterocycles. The molecule has 0 saturated carbocycles. The fourth-order valence-corrected chi connectivity index (χ4v) is 1.63. The molecule has 6 heteroatoms. The van der Waals surface area contributed by atoms with Crippen molar-refractivity contribution in [3.8, 4) is 5.88 Å². The average molecular weight is 241 g/mol. The quantitative estimate of drug-likeness (QED) is 0.644. The zero-order chi connectivity index (χ0) is 11.7. The first kappa shape index (κ1) is 10.8. The molecule has 1 N–H and O–H groups in total. The number of methoxy groups -OCH3 is 2. The number of hydrogen-bond acceptors (Lipinski definition) is 4. The van der Waals surface area contributed by atoms with Crippen LogP contribution >= 0.6 is 11.6 Å². The van der Waals surface area contributed by atoms with Crippen LogP contribution in [0.1, 0.15) is 10.5 Å². The highest BCUT2D eigenvalue weighted by Gasteiger charge is 2.13. The number of carbonyl (C=O) groups excluding carboxylic acids is 1. The fraction of sp³-hybridized carbons (Fsp3) is 0.200. The third-order valence-electron chi connectivity index (χ3n) is 2.15. The second-order valence-corrected chi connectivity index (χ2v) is 3.48. The molecule has 5 nitrogen and oxygen atoms in total. The number of esters is 1. The Hall–Kier alpha value is -1.75. The number of pyridine rings is 1. The molecule has 2 rings (SSSR count). The van der Waals surface area contributed by atoms with Gasteiger partial charge in [-0.05, 0) is 12.1 Å². The Labute approximate surface area is 96.3 Å². The molecule has 84 valence electrons. The number of carbonyl (C=O) groups is 1. The summed E-state index contributed by atoms with van der Waals surface area (Å²) in [5.41, 5.74) is 1.01. The topological polar surface area (TPSA) is 64.2 Å². The lowest BCUT2D eigenvalue weighted by molar-refractivity contribution is 0.0595. The maximum Gasteiger partial charge on any atom is 0.354 e. The van der Waals surface area contributed by atoms with E-state index in [1.807, 2.05) is 0 Å². The van der Waals surface area contributed by atoms with Crippen LogP contribution in [0.5, 0.6) is 5.88 Å². The van der Waals surface area contributed by atoms with E-state index in [2.05, 4.69) is 14.7 Å². The Kier molecular flexibility index (Phi) is 2.70. The molecule has 2 heterocycles. The van der Waals surface area contributed by atoms with Crippen LogP contribution in [0.3, 0.4) is 0 Å². The molecule has 0 fully saturated rings. The van der Waals surface area contributed by atoms with E-state index >= 15 is 0 Å². The van der Waals surface area contributed by atoms with E-state index in [-0.39, 0.29) is 0 Å². The zero-order valence-electron chi connectivity index (χ0n) is 8.70. The standard InChI is InChI=1S/C10H9ClN2O3/c1-15-9-5-3-7(10(14)16-2)12-6(5)4-8(11)13-9/h3-4,12H,1-2H3. The molecule has 2 aromatic heterocycles. The molecule has 0 amide bonds. The number of H-pyrrole nitrogens is 1. The molecule has 0 unspecified atom stereocenters. The molecule has 0 atom stereocenters. The highest BCUT2D eigenvalue weighted by molar-refractivity contribution is 6.30. The summed E-state index contributed by atoms with van der Waals surface area (Å²) in [6.45, 7) is 0. The summed E-state index contributed by atoms with van der Waals surface area (Å²) < 4.78 is 9.67. The Bertz CT molecular complexity index is 550. The van der Waals surface area contributed by atoms with Crippen molar-refractivity contribution < 1.29 is 14.3 Å². The summed E-state index contributed by atoms with van der Waals surface area (Å²) >= 11 is 5.80. The molecule has 0 aromatic carbocycles. The normalized spacial score (nSPS) is 10.4. The molecule has 0 radical (unpaired) electrons. The lowest BCUT2D eigenvalue weighted by atomic mass is 10.3. The van der Waals surface area contributed by atoms with E-state index in [4.69, 9.17) is 16.3 Å². The lowest BCUT2D eigenvalue weighted by Gasteiger charge is -1.99. The molecule has 0 aliphatic carbocycles. The second-order valence-electron chi connectivity index (χ2n) is 3.09. The van der Waals surface area contributed by atoms with Crippen LogP contribution in [0.2, 0.25) is 5.15 Å². The van der Waals surface area contributed by atoms with Crippen LogP contribution in [0.15, 0.2) is 12.1 Å². The molecule has 0 saturated heterocycles. The molecule has 16 heavy (non-hydrogen) atoms. The number of rotatable bonds is 2. The van der Waals surface area contributed by atoms with Gasteiger partial charge in [0.05, 0.1) is 25.1 Å². The van der Waals surface area contributed by atoms with Crippen LogP contribution in [0, 0.1) is 0 Å². The predicted octanol–water partition coefficient (Wildman–Crippen LogP) is 2.01. The maximum atomic E-state index is 11.3. The monoisotopic (exact) mass is 240 g/mol. The minimum atomic E-state index is -0.450. The van der Waals surface area contributed by atoms with Gasteiger partial charge in [0, 0.05) is 0 Å². The number of hydrogen-bond donors (Lipinski definition) is 1. The number of aromatic nitrogens is 2. The van der Waals surface area contributed by atoms with Gasteiger partial charge >= 0.3 is 5.97 Å². The fourth-order valence-electron chi connectivity index (χ4n) is 1.45.